The smallest absolute Gasteiger partial charge is 0.256 e. The maximum Gasteiger partial charge on any atom is 0.256 e. The molecular weight excluding hydrogens is 292 g/mol. The molecule has 2 aromatic rings. The number of aryl methyl sites for hydroxylation is 2. The lowest BCUT2D eigenvalue weighted by molar-refractivity contribution is 0.425. The number of hydrogen-bond acceptors (Lipinski definition) is 2. The minimum absolute atomic E-state index is 0.00595. The zero-order valence-corrected chi connectivity index (χ0v) is 13.8. The lowest BCUT2D eigenvalue weighted by atomic mass is 9.67. The molecule has 3 nitrogen and oxygen atoms in total. The first-order valence-corrected chi connectivity index (χ1v) is 8.39. The summed E-state index contributed by atoms with van der Waals surface area (Å²) in [4.78, 5) is 18.8. The molecule has 4 heteroatoms. The van der Waals surface area contributed by atoms with E-state index in [-0.39, 0.29) is 11.0 Å². The van der Waals surface area contributed by atoms with Crippen LogP contribution in [0, 0.1) is 18.6 Å². The van der Waals surface area contributed by atoms with Gasteiger partial charge in [0.2, 0.25) is 0 Å². The van der Waals surface area contributed by atoms with E-state index in [2.05, 4.69) is 35.9 Å². The van der Waals surface area contributed by atoms with E-state index in [1.165, 1.54) is 35.1 Å². The van der Waals surface area contributed by atoms with Gasteiger partial charge in [0.1, 0.15) is 0 Å². The summed E-state index contributed by atoms with van der Waals surface area (Å²) >= 11 is 5.24. The van der Waals surface area contributed by atoms with Crippen molar-refractivity contribution in [2.45, 2.75) is 51.4 Å². The van der Waals surface area contributed by atoms with Gasteiger partial charge in [0.15, 0.2) is 4.77 Å². The molecule has 0 aliphatic heterocycles. The van der Waals surface area contributed by atoms with Crippen molar-refractivity contribution in [3.8, 4) is 11.3 Å². The van der Waals surface area contributed by atoms with Gasteiger partial charge in [0.05, 0.1) is 5.69 Å². The van der Waals surface area contributed by atoms with Crippen LogP contribution in [0.4, 0.5) is 0 Å². The highest BCUT2D eigenvalue weighted by Crippen LogP contribution is 2.50. The zero-order chi connectivity index (χ0) is 15.5. The number of H-pyrrole nitrogens is 2. The van der Waals surface area contributed by atoms with Crippen LogP contribution in [0.15, 0.2) is 16.9 Å². The molecule has 0 amide bonds. The molecule has 0 radical (unpaired) electrons. The van der Waals surface area contributed by atoms with E-state index in [9.17, 15) is 4.79 Å². The van der Waals surface area contributed by atoms with Crippen molar-refractivity contribution < 1.29 is 0 Å². The van der Waals surface area contributed by atoms with Crippen molar-refractivity contribution >= 4 is 12.2 Å². The number of aromatic nitrogens is 2. The van der Waals surface area contributed by atoms with Crippen molar-refractivity contribution in [2.75, 3.05) is 0 Å². The molecule has 0 atom stereocenters. The number of nitrogens with one attached hydrogen (secondary N) is 2. The number of benzene rings is 1. The molecule has 1 aromatic carbocycles. The lowest BCUT2D eigenvalue weighted by Crippen LogP contribution is -2.37. The average Bonchev–Trinajstić information content (AvgIpc) is 2.91. The van der Waals surface area contributed by atoms with Gasteiger partial charge in [-0.05, 0) is 62.0 Å². The summed E-state index contributed by atoms with van der Waals surface area (Å²) in [6.07, 6.45) is 5.58. The number of rotatable bonds is 0. The summed E-state index contributed by atoms with van der Waals surface area (Å²) in [6.45, 7) is 4.29. The van der Waals surface area contributed by atoms with Crippen LogP contribution in [0.3, 0.4) is 0 Å². The van der Waals surface area contributed by atoms with E-state index in [1.54, 1.807) is 0 Å². The van der Waals surface area contributed by atoms with Crippen molar-refractivity contribution in [3.05, 3.63) is 49.5 Å². The maximum atomic E-state index is 12.7. The molecule has 0 bridgehead atoms. The van der Waals surface area contributed by atoms with Gasteiger partial charge in [-0.15, -0.1) is 0 Å². The Hall–Kier alpha value is -1.68. The number of aromatic amines is 2. The van der Waals surface area contributed by atoms with E-state index < -0.39 is 0 Å². The second-order valence-electron chi connectivity index (χ2n) is 6.88. The molecule has 2 aliphatic carbocycles. The van der Waals surface area contributed by atoms with Gasteiger partial charge in [-0.25, -0.2) is 0 Å². The molecule has 0 saturated heterocycles. The first-order valence-electron chi connectivity index (χ1n) is 7.98. The Morgan fingerprint density at radius 1 is 1.09 bits per heavy atom. The first kappa shape index (κ1) is 13.9. The van der Waals surface area contributed by atoms with Gasteiger partial charge >= 0.3 is 0 Å². The van der Waals surface area contributed by atoms with Gasteiger partial charge < -0.3 is 4.98 Å². The molecule has 1 spiro atoms. The third-order valence-corrected chi connectivity index (χ3v) is 5.76. The molecule has 1 fully saturated rings. The number of fused-ring (bicyclic) bond motifs is 4. The second-order valence-corrected chi connectivity index (χ2v) is 7.28. The third kappa shape index (κ3) is 1.80. The lowest BCUT2D eigenvalue weighted by Gasteiger charge is -2.37. The molecule has 22 heavy (non-hydrogen) atoms. The van der Waals surface area contributed by atoms with Crippen LogP contribution >= 0.6 is 12.2 Å². The Labute approximate surface area is 134 Å². The molecule has 114 valence electrons. The Kier molecular flexibility index (Phi) is 2.95. The van der Waals surface area contributed by atoms with Gasteiger partial charge in [0.25, 0.3) is 5.56 Å². The third-order valence-electron chi connectivity index (χ3n) is 5.55. The fourth-order valence-electron chi connectivity index (χ4n) is 4.53. The Bertz CT molecular complexity index is 885. The van der Waals surface area contributed by atoms with E-state index >= 15 is 0 Å². The van der Waals surface area contributed by atoms with Crippen LogP contribution in [-0.2, 0) is 11.8 Å². The standard InChI is InChI=1S/C18H20N2OS/c1-10-5-6-11(2)13-12(10)9-18(7-3-4-8-18)14-15(13)19-17(22)20-16(14)21/h5-6H,3-4,7-9H2,1-2H3,(H2,19,20,21,22). The van der Waals surface area contributed by atoms with Crippen LogP contribution in [-0.4, -0.2) is 9.97 Å². The summed E-state index contributed by atoms with van der Waals surface area (Å²) in [5, 5.41) is 0. The molecule has 2 aliphatic rings. The molecular formula is C18H20N2OS. The van der Waals surface area contributed by atoms with Crippen molar-refractivity contribution in [1.82, 2.24) is 9.97 Å². The van der Waals surface area contributed by atoms with E-state index in [1.807, 2.05) is 0 Å². The predicted octanol–water partition coefficient (Wildman–Crippen LogP) is 4.08. The molecule has 2 N–H and O–H groups in total. The quantitative estimate of drug-likeness (QED) is 0.720. The monoisotopic (exact) mass is 312 g/mol. The first-order chi connectivity index (χ1) is 10.5. The van der Waals surface area contributed by atoms with Crippen LogP contribution in [0.2, 0.25) is 0 Å². The predicted molar refractivity (Wildman–Crippen MR) is 91.0 cm³/mol. The van der Waals surface area contributed by atoms with Crippen LogP contribution in [0.25, 0.3) is 11.3 Å². The highest BCUT2D eigenvalue weighted by molar-refractivity contribution is 7.71. The van der Waals surface area contributed by atoms with Crippen LogP contribution < -0.4 is 5.56 Å². The number of hydrogen-bond donors (Lipinski definition) is 2. The summed E-state index contributed by atoms with van der Waals surface area (Å²) in [5.74, 6) is 0. The molecule has 0 unspecified atom stereocenters. The van der Waals surface area contributed by atoms with E-state index in [0.29, 0.717) is 4.77 Å². The van der Waals surface area contributed by atoms with Crippen LogP contribution in [0.5, 0.6) is 0 Å². The highest BCUT2D eigenvalue weighted by Gasteiger charge is 2.44. The van der Waals surface area contributed by atoms with Crippen LogP contribution in [0.1, 0.15) is 47.9 Å². The minimum atomic E-state index is -0.00595. The Morgan fingerprint density at radius 2 is 1.77 bits per heavy atom. The fourth-order valence-corrected chi connectivity index (χ4v) is 4.72. The van der Waals surface area contributed by atoms with Crippen molar-refractivity contribution in [1.29, 1.82) is 0 Å². The summed E-state index contributed by atoms with van der Waals surface area (Å²) < 4.78 is 0.422. The topological polar surface area (TPSA) is 48.6 Å². The van der Waals surface area contributed by atoms with Gasteiger partial charge in [0, 0.05) is 16.5 Å². The van der Waals surface area contributed by atoms with Crippen molar-refractivity contribution in [3.63, 3.8) is 0 Å². The van der Waals surface area contributed by atoms with E-state index in [4.69, 9.17) is 12.2 Å². The largest absolute Gasteiger partial charge is 0.331 e. The fraction of sp³-hybridized carbons (Fsp3) is 0.444. The molecule has 1 aromatic heterocycles. The summed E-state index contributed by atoms with van der Waals surface area (Å²) in [5.41, 5.74) is 7.04. The second kappa shape index (κ2) is 4.66. The molecule has 4 rings (SSSR count). The maximum absolute atomic E-state index is 12.7. The van der Waals surface area contributed by atoms with Gasteiger partial charge in [-0.2, -0.15) is 0 Å². The summed E-state index contributed by atoms with van der Waals surface area (Å²) in [7, 11) is 0. The highest BCUT2D eigenvalue weighted by atomic mass is 32.1. The van der Waals surface area contributed by atoms with Gasteiger partial charge in [-0.1, -0.05) is 25.0 Å². The molecule has 1 saturated carbocycles. The normalized spacial score (nSPS) is 18.3. The Balaban J connectivity index is 2.15. The Morgan fingerprint density at radius 3 is 2.50 bits per heavy atom. The van der Waals surface area contributed by atoms with Crippen molar-refractivity contribution in [2.24, 2.45) is 0 Å². The zero-order valence-electron chi connectivity index (χ0n) is 13.0. The van der Waals surface area contributed by atoms with Gasteiger partial charge in [-0.3, -0.25) is 9.78 Å². The van der Waals surface area contributed by atoms with E-state index in [0.717, 1.165) is 30.5 Å². The summed E-state index contributed by atoms with van der Waals surface area (Å²) in [6, 6.07) is 4.34. The SMILES string of the molecule is Cc1ccc(C)c2c1CC1(CCCC1)c1c-2[nH]c(=S)[nH]c1=O. The minimum Gasteiger partial charge on any atom is -0.331 e. The molecule has 1 heterocycles. The average molecular weight is 312 g/mol.